The van der Waals surface area contributed by atoms with Crippen LogP contribution < -0.4 is 0 Å². The molecule has 2 rings (SSSR count). The zero-order chi connectivity index (χ0) is 11.9. The van der Waals surface area contributed by atoms with Crippen LogP contribution in [0.3, 0.4) is 0 Å². The topological polar surface area (TPSA) is 64.4 Å². The summed E-state index contributed by atoms with van der Waals surface area (Å²) in [5.41, 5.74) is 1.93. The van der Waals surface area contributed by atoms with Crippen molar-refractivity contribution in [3.8, 4) is 0 Å². The molecule has 1 N–H and O–H groups in total. The average molecular weight is 224 g/mol. The van der Waals surface area contributed by atoms with Crippen molar-refractivity contribution >= 4 is 5.97 Å². The number of hydrogen-bond acceptors (Lipinski definition) is 3. The third-order valence-corrected chi connectivity index (χ3v) is 2.91. The van der Waals surface area contributed by atoms with Gasteiger partial charge in [0.15, 0.2) is 5.69 Å². The van der Waals surface area contributed by atoms with Crippen LogP contribution in [0, 0.1) is 0 Å². The molecule has 0 saturated carbocycles. The molecule has 0 saturated heterocycles. The van der Waals surface area contributed by atoms with Gasteiger partial charge < -0.3 is 9.84 Å². The zero-order valence-corrected chi connectivity index (χ0v) is 9.73. The number of rotatable bonds is 2. The molecular formula is C11H16N2O3. The average Bonchev–Trinajstić information content (AvgIpc) is 2.56. The van der Waals surface area contributed by atoms with Crippen molar-refractivity contribution in [2.24, 2.45) is 0 Å². The van der Waals surface area contributed by atoms with E-state index in [4.69, 9.17) is 9.84 Å². The van der Waals surface area contributed by atoms with Gasteiger partial charge in [-0.1, -0.05) is 0 Å². The number of carboxylic acid groups (broad SMARTS) is 1. The van der Waals surface area contributed by atoms with E-state index < -0.39 is 5.97 Å². The third-order valence-electron chi connectivity index (χ3n) is 2.91. The molecule has 5 nitrogen and oxygen atoms in total. The molecule has 2 atom stereocenters. The smallest absolute Gasteiger partial charge is 0.356 e. The Balaban J connectivity index is 2.57. The summed E-state index contributed by atoms with van der Waals surface area (Å²) in [6.45, 7) is 6.50. The molecule has 1 aliphatic rings. The minimum absolute atomic E-state index is 0.0510. The number of aromatic carboxylic acids is 1. The van der Waals surface area contributed by atoms with Gasteiger partial charge in [0, 0.05) is 18.5 Å². The highest BCUT2D eigenvalue weighted by Crippen LogP contribution is 2.32. The Morgan fingerprint density at radius 2 is 2.31 bits per heavy atom. The van der Waals surface area contributed by atoms with Gasteiger partial charge in [0.05, 0.1) is 17.9 Å². The lowest BCUT2D eigenvalue weighted by molar-refractivity contribution is -0.00952. The van der Waals surface area contributed by atoms with Crippen molar-refractivity contribution in [3.63, 3.8) is 0 Å². The maximum atomic E-state index is 11.1. The Morgan fingerprint density at radius 3 is 2.88 bits per heavy atom. The van der Waals surface area contributed by atoms with E-state index in [9.17, 15) is 4.79 Å². The first-order chi connectivity index (χ1) is 7.54. The second-order valence-corrected chi connectivity index (χ2v) is 4.13. The number of carbonyl (C=O) groups is 1. The normalized spacial score (nSPS) is 24.2. The molecular weight excluding hydrogens is 208 g/mol. The van der Waals surface area contributed by atoms with Crippen molar-refractivity contribution in [1.82, 2.24) is 9.78 Å². The molecule has 16 heavy (non-hydrogen) atoms. The van der Waals surface area contributed by atoms with Crippen molar-refractivity contribution < 1.29 is 14.6 Å². The molecule has 0 spiro atoms. The van der Waals surface area contributed by atoms with Gasteiger partial charge in [-0.15, -0.1) is 0 Å². The van der Waals surface area contributed by atoms with Crippen LogP contribution >= 0.6 is 0 Å². The lowest BCUT2D eigenvalue weighted by atomic mass is 9.99. The Bertz CT molecular complexity index is 425. The fraction of sp³-hybridized carbons (Fsp3) is 0.636. The Hall–Kier alpha value is -1.36. The number of nitrogens with zero attached hydrogens (tertiary/aromatic N) is 2. The number of fused-ring (bicyclic) bond motifs is 1. The summed E-state index contributed by atoms with van der Waals surface area (Å²) in [5, 5.41) is 13.2. The zero-order valence-electron chi connectivity index (χ0n) is 9.73. The lowest BCUT2D eigenvalue weighted by Gasteiger charge is -2.26. The lowest BCUT2D eigenvalue weighted by Crippen LogP contribution is -2.24. The van der Waals surface area contributed by atoms with E-state index in [1.54, 1.807) is 4.68 Å². The number of aryl methyl sites for hydroxylation is 1. The van der Waals surface area contributed by atoms with Crippen LogP contribution in [0.1, 0.15) is 48.6 Å². The van der Waals surface area contributed by atoms with Crippen molar-refractivity contribution in [2.75, 3.05) is 0 Å². The van der Waals surface area contributed by atoms with Gasteiger partial charge in [-0.3, -0.25) is 4.68 Å². The van der Waals surface area contributed by atoms with Gasteiger partial charge in [-0.25, -0.2) is 4.79 Å². The number of aromatic nitrogens is 2. The summed E-state index contributed by atoms with van der Waals surface area (Å²) in [5.74, 6) is -0.954. The van der Waals surface area contributed by atoms with E-state index in [0.717, 1.165) is 11.3 Å². The largest absolute Gasteiger partial charge is 0.476 e. The number of hydrogen-bond donors (Lipinski definition) is 1. The predicted molar refractivity (Wildman–Crippen MR) is 57.5 cm³/mol. The summed E-state index contributed by atoms with van der Waals surface area (Å²) in [7, 11) is 0. The maximum absolute atomic E-state index is 11.1. The van der Waals surface area contributed by atoms with E-state index in [1.165, 1.54) is 0 Å². The highest BCUT2D eigenvalue weighted by molar-refractivity contribution is 5.87. The molecule has 0 radical (unpaired) electrons. The molecule has 5 heteroatoms. The van der Waals surface area contributed by atoms with Crippen LogP contribution in [0.2, 0.25) is 0 Å². The van der Waals surface area contributed by atoms with Gasteiger partial charge in [0.25, 0.3) is 0 Å². The van der Waals surface area contributed by atoms with Gasteiger partial charge in [0.2, 0.25) is 0 Å². The van der Waals surface area contributed by atoms with Gasteiger partial charge in [0.1, 0.15) is 0 Å². The Labute approximate surface area is 94.0 Å². The molecule has 0 unspecified atom stereocenters. The van der Waals surface area contributed by atoms with E-state index in [2.05, 4.69) is 5.10 Å². The van der Waals surface area contributed by atoms with E-state index in [-0.39, 0.29) is 17.9 Å². The Kier molecular flexibility index (Phi) is 2.71. The van der Waals surface area contributed by atoms with Gasteiger partial charge >= 0.3 is 5.97 Å². The highest BCUT2D eigenvalue weighted by Gasteiger charge is 2.31. The molecule has 0 aliphatic carbocycles. The molecule has 1 aliphatic heterocycles. The second-order valence-electron chi connectivity index (χ2n) is 4.13. The van der Waals surface area contributed by atoms with Crippen LogP contribution in [0.15, 0.2) is 0 Å². The summed E-state index contributed by atoms with van der Waals surface area (Å²) in [4.78, 5) is 11.1. The number of ether oxygens (including phenoxy) is 1. The van der Waals surface area contributed by atoms with Crippen LogP contribution in [0.4, 0.5) is 0 Å². The SMILES string of the molecule is CCn1nc(C(=O)O)c2c1[C@H](C)O[C@H](C)C2. The number of carboxylic acids is 1. The third kappa shape index (κ3) is 1.61. The van der Waals surface area contributed by atoms with Gasteiger partial charge in [-0.2, -0.15) is 5.10 Å². The van der Waals surface area contributed by atoms with Crippen LogP contribution in [0.25, 0.3) is 0 Å². The van der Waals surface area contributed by atoms with E-state index >= 15 is 0 Å². The second kappa shape index (κ2) is 3.90. The van der Waals surface area contributed by atoms with Crippen molar-refractivity contribution in [2.45, 2.75) is 45.9 Å². The highest BCUT2D eigenvalue weighted by atomic mass is 16.5. The first kappa shape index (κ1) is 11.1. The quantitative estimate of drug-likeness (QED) is 0.829. The molecule has 1 aromatic rings. The molecule has 0 aromatic carbocycles. The summed E-state index contributed by atoms with van der Waals surface area (Å²) in [6, 6.07) is 0. The van der Waals surface area contributed by atoms with Gasteiger partial charge in [-0.05, 0) is 20.8 Å². The molecule has 0 amide bonds. The predicted octanol–water partition coefficient (Wildman–Crippen LogP) is 1.62. The molecule has 88 valence electrons. The maximum Gasteiger partial charge on any atom is 0.356 e. The van der Waals surface area contributed by atoms with Crippen molar-refractivity contribution in [1.29, 1.82) is 0 Å². The fourth-order valence-corrected chi connectivity index (χ4v) is 2.33. The minimum Gasteiger partial charge on any atom is -0.476 e. The first-order valence-corrected chi connectivity index (χ1v) is 5.52. The minimum atomic E-state index is -0.954. The molecule has 2 heterocycles. The van der Waals surface area contributed by atoms with Crippen LogP contribution in [-0.2, 0) is 17.7 Å². The molecule has 0 bridgehead atoms. The molecule has 0 fully saturated rings. The summed E-state index contributed by atoms with van der Waals surface area (Å²) in [6.07, 6.45) is 0.593. The summed E-state index contributed by atoms with van der Waals surface area (Å²) >= 11 is 0. The van der Waals surface area contributed by atoms with Crippen LogP contribution in [-0.4, -0.2) is 27.0 Å². The standard InChI is InChI=1S/C11H16N2O3/c1-4-13-10-7(3)16-6(2)5-8(10)9(12-13)11(14)15/h6-7H,4-5H2,1-3H3,(H,14,15)/t6-,7+/m1/s1. The Morgan fingerprint density at radius 1 is 1.62 bits per heavy atom. The van der Waals surface area contributed by atoms with E-state index in [0.29, 0.717) is 13.0 Å². The first-order valence-electron chi connectivity index (χ1n) is 5.52. The van der Waals surface area contributed by atoms with Crippen molar-refractivity contribution in [3.05, 3.63) is 17.0 Å². The molecule has 1 aromatic heterocycles. The van der Waals surface area contributed by atoms with Crippen LogP contribution in [0.5, 0.6) is 0 Å². The fourth-order valence-electron chi connectivity index (χ4n) is 2.33. The summed E-state index contributed by atoms with van der Waals surface area (Å²) < 4.78 is 7.43. The van der Waals surface area contributed by atoms with E-state index in [1.807, 2.05) is 20.8 Å². The monoisotopic (exact) mass is 224 g/mol.